The number of anilines is 2. The molecule has 1 heteroatoms. The highest BCUT2D eigenvalue weighted by atomic mass is 15.1. The van der Waals surface area contributed by atoms with Crippen molar-refractivity contribution in [3.05, 3.63) is 96.1 Å². The van der Waals surface area contributed by atoms with Gasteiger partial charge in [0.2, 0.25) is 0 Å². The lowest BCUT2D eigenvalue weighted by molar-refractivity contribution is 0.790. The molecule has 0 aliphatic rings. The van der Waals surface area contributed by atoms with Crippen LogP contribution in [0.1, 0.15) is 37.3 Å². The molecule has 3 aromatic carbocycles. The number of benzene rings is 3. The topological polar surface area (TPSA) is 3.24 Å². The van der Waals surface area contributed by atoms with Crippen molar-refractivity contribution in [3.8, 4) is 0 Å². The summed E-state index contributed by atoms with van der Waals surface area (Å²) in [5.41, 5.74) is 5.42. The van der Waals surface area contributed by atoms with E-state index in [-0.39, 0.29) is 0 Å². The lowest BCUT2D eigenvalue weighted by Gasteiger charge is -2.25. The molecule has 0 radical (unpaired) electrons. The minimum absolute atomic E-state index is 1.02. The van der Waals surface area contributed by atoms with Gasteiger partial charge in [0.1, 0.15) is 0 Å². The van der Waals surface area contributed by atoms with E-state index in [2.05, 4.69) is 96.8 Å². The maximum absolute atomic E-state index is 2.41. The average molecular weight is 344 g/mol. The van der Waals surface area contributed by atoms with Crippen LogP contribution < -0.4 is 4.90 Å². The minimum Gasteiger partial charge on any atom is -0.341 e. The van der Waals surface area contributed by atoms with E-state index in [1.807, 2.05) is 0 Å². The first-order chi connectivity index (χ1) is 12.9. The Morgan fingerprint density at radius 2 is 1.04 bits per heavy atom. The van der Waals surface area contributed by atoms with Crippen LogP contribution in [0.15, 0.2) is 84.9 Å². The van der Waals surface area contributed by atoms with Gasteiger partial charge in [-0.2, -0.15) is 0 Å². The van der Waals surface area contributed by atoms with Crippen LogP contribution in [0.25, 0.3) is 0 Å². The molecule has 26 heavy (non-hydrogen) atoms. The molecule has 0 amide bonds. The molecule has 134 valence electrons. The summed E-state index contributed by atoms with van der Waals surface area (Å²) in [5.74, 6) is 0. The Labute approximate surface area is 158 Å². The predicted molar refractivity (Wildman–Crippen MR) is 113 cm³/mol. The number of aryl methyl sites for hydroxylation is 2. The summed E-state index contributed by atoms with van der Waals surface area (Å²) < 4.78 is 0. The highest BCUT2D eigenvalue weighted by Gasteiger charge is 2.08. The van der Waals surface area contributed by atoms with Crippen molar-refractivity contribution < 1.29 is 0 Å². The Hall–Kier alpha value is -2.54. The zero-order valence-corrected chi connectivity index (χ0v) is 15.8. The third-order valence-corrected chi connectivity index (χ3v) is 4.82. The zero-order chi connectivity index (χ0) is 18.0. The third-order valence-electron chi connectivity index (χ3n) is 4.82. The molecule has 0 N–H and O–H groups in total. The number of hydrogen-bond donors (Lipinski definition) is 0. The standard InChI is InChI=1S/C25H29N/c1-2-3-11-22-17-19-23(20-18-22)12-10-21-26(24-13-6-4-7-14-24)25-15-8-5-9-16-25/h4-9,13-20H,2-3,10-12,21H2,1H3. The van der Waals surface area contributed by atoms with Crippen LogP contribution in [-0.2, 0) is 12.8 Å². The van der Waals surface area contributed by atoms with Gasteiger partial charge in [-0.15, -0.1) is 0 Å². The summed E-state index contributed by atoms with van der Waals surface area (Å²) in [6.07, 6.45) is 5.99. The zero-order valence-electron chi connectivity index (χ0n) is 15.8. The molecule has 0 spiro atoms. The SMILES string of the molecule is CCCCc1ccc(CCCN(c2ccccc2)c2ccccc2)cc1. The maximum atomic E-state index is 2.41. The van der Waals surface area contributed by atoms with E-state index in [9.17, 15) is 0 Å². The summed E-state index contributed by atoms with van der Waals surface area (Å²) in [7, 11) is 0. The van der Waals surface area contributed by atoms with E-state index in [1.54, 1.807) is 0 Å². The number of hydrogen-bond acceptors (Lipinski definition) is 1. The maximum Gasteiger partial charge on any atom is 0.0410 e. The van der Waals surface area contributed by atoms with Crippen LogP contribution >= 0.6 is 0 Å². The number of nitrogens with zero attached hydrogens (tertiary/aromatic N) is 1. The molecule has 0 aromatic heterocycles. The molecule has 0 heterocycles. The van der Waals surface area contributed by atoms with Gasteiger partial charge < -0.3 is 4.90 Å². The van der Waals surface area contributed by atoms with Crippen LogP contribution in [0.2, 0.25) is 0 Å². The molecular formula is C25H29N. The van der Waals surface area contributed by atoms with E-state index < -0.39 is 0 Å². The van der Waals surface area contributed by atoms with Crippen molar-refractivity contribution in [1.82, 2.24) is 0 Å². The van der Waals surface area contributed by atoms with Gasteiger partial charge in [-0.25, -0.2) is 0 Å². The second kappa shape index (κ2) is 9.82. The molecule has 0 bridgehead atoms. The van der Waals surface area contributed by atoms with Crippen molar-refractivity contribution in [2.24, 2.45) is 0 Å². The van der Waals surface area contributed by atoms with Gasteiger partial charge in [-0.1, -0.05) is 74.0 Å². The van der Waals surface area contributed by atoms with Gasteiger partial charge >= 0.3 is 0 Å². The van der Waals surface area contributed by atoms with Crippen LogP contribution in [0.4, 0.5) is 11.4 Å². The third kappa shape index (κ3) is 5.23. The van der Waals surface area contributed by atoms with Crippen LogP contribution in [0.3, 0.4) is 0 Å². The second-order valence-electron chi connectivity index (χ2n) is 6.85. The van der Waals surface area contributed by atoms with Gasteiger partial charge in [-0.3, -0.25) is 0 Å². The van der Waals surface area contributed by atoms with E-state index in [0.29, 0.717) is 0 Å². The van der Waals surface area contributed by atoms with Crippen molar-refractivity contribution in [1.29, 1.82) is 0 Å². The average Bonchev–Trinajstić information content (AvgIpc) is 2.72. The van der Waals surface area contributed by atoms with E-state index in [4.69, 9.17) is 0 Å². The van der Waals surface area contributed by atoms with Gasteiger partial charge in [0.05, 0.1) is 0 Å². The molecule has 3 rings (SSSR count). The lowest BCUT2D eigenvalue weighted by Crippen LogP contribution is -2.18. The molecule has 1 nitrogen and oxygen atoms in total. The summed E-state index contributed by atoms with van der Waals surface area (Å²) in [5, 5.41) is 0. The molecule has 0 aliphatic carbocycles. The quantitative estimate of drug-likeness (QED) is 0.413. The van der Waals surface area contributed by atoms with Crippen molar-refractivity contribution >= 4 is 11.4 Å². The highest BCUT2D eigenvalue weighted by Crippen LogP contribution is 2.25. The highest BCUT2D eigenvalue weighted by molar-refractivity contribution is 5.62. The molecule has 0 fully saturated rings. The molecular weight excluding hydrogens is 314 g/mol. The van der Waals surface area contributed by atoms with Crippen LogP contribution in [-0.4, -0.2) is 6.54 Å². The predicted octanol–water partition coefficient (Wildman–Crippen LogP) is 6.80. The molecule has 3 aromatic rings. The first-order valence-electron chi connectivity index (χ1n) is 9.82. The van der Waals surface area contributed by atoms with Crippen molar-refractivity contribution in [2.45, 2.75) is 39.0 Å². The molecule has 0 aliphatic heterocycles. The summed E-state index contributed by atoms with van der Waals surface area (Å²) >= 11 is 0. The van der Waals surface area contributed by atoms with Crippen LogP contribution in [0.5, 0.6) is 0 Å². The number of rotatable bonds is 9. The largest absolute Gasteiger partial charge is 0.341 e. The Bertz CT molecular complexity index is 708. The molecule has 0 saturated heterocycles. The first kappa shape index (κ1) is 18.3. The fraction of sp³-hybridized carbons (Fsp3) is 0.280. The Morgan fingerprint density at radius 3 is 1.50 bits per heavy atom. The lowest BCUT2D eigenvalue weighted by atomic mass is 10.0. The van der Waals surface area contributed by atoms with E-state index in [0.717, 1.165) is 19.4 Å². The molecule has 0 unspecified atom stereocenters. The normalized spacial score (nSPS) is 10.7. The Morgan fingerprint density at radius 1 is 0.577 bits per heavy atom. The first-order valence-corrected chi connectivity index (χ1v) is 9.82. The van der Waals surface area contributed by atoms with Crippen molar-refractivity contribution in [3.63, 3.8) is 0 Å². The van der Waals surface area contributed by atoms with Gasteiger partial charge in [0.25, 0.3) is 0 Å². The van der Waals surface area contributed by atoms with E-state index in [1.165, 1.54) is 41.8 Å². The summed E-state index contributed by atoms with van der Waals surface area (Å²) in [4.78, 5) is 2.41. The number of unbranched alkanes of at least 4 members (excludes halogenated alkanes) is 1. The Kier molecular flexibility index (Phi) is 6.89. The van der Waals surface area contributed by atoms with Gasteiger partial charge in [-0.05, 0) is 61.1 Å². The van der Waals surface area contributed by atoms with E-state index >= 15 is 0 Å². The fourth-order valence-corrected chi connectivity index (χ4v) is 3.32. The summed E-state index contributed by atoms with van der Waals surface area (Å²) in [6, 6.07) is 30.6. The Balaban J connectivity index is 1.61. The monoisotopic (exact) mass is 343 g/mol. The van der Waals surface area contributed by atoms with Crippen LogP contribution in [0, 0.1) is 0 Å². The smallest absolute Gasteiger partial charge is 0.0410 e. The molecule has 0 saturated carbocycles. The van der Waals surface area contributed by atoms with Gasteiger partial charge in [0.15, 0.2) is 0 Å². The van der Waals surface area contributed by atoms with Crippen molar-refractivity contribution in [2.75, 3.05) is 11.4 Å². The fourth-order valence-electron chi connectivity index (χ4n) is 3.32. The molecule has 0 atom stereocenters. The summed E-state index contributed by atoms with van der Waals surface area (Å²) in [6.45, 7) is 3.27. The number of para-hydroxylation sites is 2. The second-order valence-corrected chi connectivity index (χ2v) is 6.85. The van der Waals surface area contributed by atoms with Gasteiger partial charge in [0, 0.05) is 17.9 Å². The minimum atomic E-state index is 1.02.